The van der Waals surface area contributed by atoms with Crippen LogP contribution < -0.4 is 10.2 Å². The summed E-state index contributed by atoms with van der Waals surface area (Å²) in [5.41, 5.74) is 0.978. The number of benzene rings is 1. The lowest BCUT2D eigenvalue weighted by Gasteiger charge is -2.27. The third kappa shape index (κ3) is 3.07. The highest BCUT2D eigenvalue weighted by Crippen LogP contribution is 2.31. The second kappa shape index (κ2) is 6.55. The molecule has 0 atom stereocenters. The van der Waals surface area contributed by atoms with Gasteiger partial charge in [0.1, 0.15) is 11.4 Å². The fourth-order valence-electron chi connectivity index (χ4n) is 3.22. The SMILES string of the molecule is CCN(C)c1ncccc1C(=O)NC1(C(=O)O)Cc2ccccc2C1. The van der Waals surface area contributed by atoms with Crippen molar-refractivity contribution in [3.8, 4) is 0 Å². The van der Waals surface area contributed by atoms with Gasteiger partial charge in [0.15, 0.2) is 0 Å². The molecule has 1 aromatic heterocycles. The number of aromatic nitrogens is 1. The average Bonchev–Trinajstić information content (AvgIpc) is 3.00. The number of pyridine rings is 1. The molecule has 0 saturated heterocycles. The van der Waals surface area contributed by atoms with Gasteiger partial charge < -0.3 is 15.3 Å². The largest absolute Gasteiger partial charge is 0.479 e. The number of rotatable bonds is 5. The zero-order valence-electron chi connectivity index (χ0n) is 14.3. The zero-order chi connectivity index (χ0) is 18.0. The van der Waals surface area contributed by atoms with E-state index < -0.39 is 17.4 Å². The molecule has 25 heavy (non-hydrogen) atoms. The summed E-state index contributed by atoms with van der Waals surface area (Å²) in [6.45, 7) is 2.65. The van der Waals surface area contributed by atoms with E-state index in [1.54, 1.807) is 18.3 Å². The molecule has 1 aliphatic rings. The van der Waals surface area contributed by atoms with E-state index in [2.05, 4.69) is 10.3 Å². The molecule has 3 rings (SSSR count). The van der Waals surface area contributed by atoms with Gasteiger partial charge in [-0.3, -0.25) is 4.79 Å². The summed E-state index contributed by atoms with van der Waals surface area (Å²) >= 11 is 0. The normalized spacial score (nSPS) is 14.6. The van der Waals surface area contributed by atoms with Gasteiger partial charge in [0, 0.05) is 32.6 Å². The lowest BCUT2D eigenvalue weighted by Crippen LogP contribution is -2.55. The van der Waals surface area contributed by atoms with Crippen LogP contribution >= 0.6 is 0 Å². The third-order valence-electron chi connectivity index (χ3n) is 4.73. The molecule has 1 heterocycles. The van der Waals surface area contributed by atoms with Crippen LogP contribution in [0.1, 0.15) is 28.4 Å². The Balaban J connectivity index is 1.91. The van der Waals surface area contributed by atoms with Gasteiger partial charge in [-0.25, -0.2) is 9.78 Å². The van der Waals surface area contributed by atoms with Gasteiger partial charge in [0.25, 0.3) is 5.91 Å². The van der Waals surface area contributed by atoms with Crippen molar-refractivity contribution in [3.05, 3.63) is 59.3 Å². The van der Waals surface area contributed by atoms with E-state index in [1.807, 2.05) is 43.1 Å². The number of carbonyl (C=O) groups is 2. The van der Waals surface area contributed by atoms with E-state index in [9.17, 15) is 14.7 Å². The molecule has 0 spiro atoms. The second-order valence-electron chi connectivity index (χ2n) is 6.35. The summed E-state index contributed by atoms with van der Waals surface area (Å²) in [4.78, 5) is 31.0. The van der Waals surface area contributed by atoms with Crippen molar-refractivity contribution < 1.29 is 14.7 Å². The third-order valence-corrected chi connectivity index (χ3v) is 4.73. The first-order valence-corrected chi connectivity index (χ1v) is 8.25. The van der Waals surface area contributed by atoms with Crippen LogP contribution in [0.15, 0.2) is 42.6 Å². The van der Waals surface area contributed by atoms with Crippen LogP contribution in [0.25, 0.3) is 0 Å². The van der Waals surface area contributed by atoms with Crippen molar-refractivity contribution in [2.24, 2.45) is 0 Å². The highest BCUT2D eigenvalue weighted by atomic mass is 16.4. The van der Waals surface area contributed by atoms with E-state index in [-0.39, 0.29) is 12.8 Å². The van der Waals surface area contributed by atoms with Gasteiger partial charge in [-0.2, -0.15) is 0 Å². The maximum absolute atomic E-state index is 12.9. The Hall–Kier alpha value is -2.89. The standard InChI is InChI=1S/C19H21N3O3/c1-3-22(2)16-15(9-6-10-20-16)17(23)21-19(18(24)25)11-13-7-4-5-8-14(13)12-19/h4-10H,3,11-12H2,1-2H3,(H,21,23)(H,24,25). The topological polar surface area (TPSA) is 82.5 Å². The first-order valence-electron chi connectivity index (χ1n) is 8.25. The molecule has 0 fully saturated rings. The van der Waals surface area contributed by atoms with Gasteiger partial charge in [0.2, 0.25) is 0 Å². The molecule has 0 aliphatic heterocycles. The van der Waals surface area contributed by atoms with Crippen molar-refractivity contribution in [2.45, 2.75) is 25.3 Å². The van der Waals surface area contributed by atoms with Crippen molar-refractivity contribution in [1.29, 1.82) is 0 Å². The van der Waals surface area contributed by atoms with Crippen LogP contribution in [0, 0.1) is 0 Å². The van der Waals surface area contributed by atoms with Crippen molar-refractivity contribution in [2.75, 3.05) is 18.5 Å². The van der Waals surface area contributed by atoms with Gasteiger partial charge in [0.05, 0.1) is 5.56 Å². The maximum atomic E-state index is 12.9. The van der Waals surface area contributed by atoms with E-state index in [0.717, 1.165) is 11.1 Å². The zero-order valence-corrected chi connectivity index (χ0v) is 14.3. The second-order valence-corrected chi connectivity index (χ2v) is 6.35. The number of nitrogens with one attached hydrogen (secondary N) is 1. The van der Waals surface area contributed by atoms with E-state index in [0.29, 0.717) is 17.9 Å². The first-order chi connectivity index (χ1) is 12.0. The molecule has 0 radical (unpaired) electrons. The molecule has 1 amide bonds. The minimum absolute atomic E-state index is 0.281. The monoisotopic (exact) mass is 339 g/mol. The molecule has 6 nitrogen and oxygen atoms in total. The van der Waals surface area contributed by atoms with Crippen molar-refractivity contribution in [1.82, 2.24) is 10.3 Å². The van der Waals surface area contributed by atoms with E-state index >= 15 is 0 Å². The molecule has 0 bridgehead atoms. The Morgan fingerprint density at radius 2 is 1.84 bits per heavy atom. The molecule has 1 aliphatic carbocycles. The Bertz CT molecular complexity index is 794. The average molecular weight is 339 g/mol. The summed E-state index contributed by atoms with van der Waals surface area (Å²) in [7, 11) is 1.84. The lowest BCUT2D eigenvalue weighted by molar-refractivity contribution is -0.144. The molecule has 0 saturated carbocycles. The van der Waals surface area contributed by atoms with Gasteiger partial charge >= 0.3 is 5.97 Å². The Kier molecular flexibility index (Phi) is 4.44. The molecular weight excluding hydrogens is 318 g/mol. The quantitative estimate of drug-likeness (QED) is 0.869. The molecule has 2 N–H and O–H groups in total. The summed E-state index contributed by atoms with van der Waals surface area (Å²) in [5.74, 6) is -0.900. The number of anilines is 1. The number of aliphatic carboxylic acids is 1. The number of carboxylic acids is 1. The Morgan fingerprint density at radius 3 is 2.40 bits per heavy atom. The predicted octanol–water partition coefficient (Wildman–Crippen LogP) is 1.89. The fraction of sp³-hybridized carbons (Fsp3) is 0.316. The van der Waals surface area contributed by atoms with Gasteiger partial charge in [-0.1, -0.05) is 24.3 Å². The number of hydrogen-bond donors (Lipinski definition) is 2. The number of nitrogens with zero attached hydrogens (tertiary/aromatic N) is 2. The number of amides is 1. The smallest absolute Gasteiger partial charge is 0.330 e. The highest BCUT2D eigenvalue weighted by molar-refractivity contribution is 6.02. The Morgan fingerprint density at radius 1 is 1.20 bits per heavy atom. The summed E-state index contributed by atoms with van der Waals surface area (Å²) in [5, 5.41) is 12.6. The van der Waals surface area contributed by atoms with E-state index in [1.165, 1.54) is 0 Å². The minimum Gasteiger partial charge on any atom is -0.479 e. The number of fused-ring (bicyclic) bond motifs is 1. The highest BCUT2D eigenvalue weighted by Gasteiger charge is 2.45. The molecular formula is C19H21N3O3. The van der Waals surface area contributed by atoms with Crippen LogP contribution in [0.4, 0.5) is 5.82 Å². The Labute approximate surface area is 146 Å². The van der Waals surface area contributed by atoms with Crippen LogP contribution in [0.5, 0.6) is 0 Å². The van der Waals surface area contributed by atoms with Crippen LogP contribution in [-0.2, 0) is 17.6 Å². The minimum atomic E-state index is -1.32. The van der Waals surface area contributed by atoms with E-state index in [4.69, 9.17) is 0 Å². The fourth-order valence-corrected chi connectivity index (χ4v) is 3.22. The molecule has 1 aromatic carbocycles. The predicted molar refractivity (Wildman–Crippen MR) is 94.9 cm³/mol. The lowest BCUT2D eigenvalue weighted by atomic mass is 9.95. The summed E-state index contributed by atoms with van der Waals surface area (Å²) < 4.78 is 0. The maximum Gasteiger partial charge on any atom is 0.330 e. The summed E-state index contributed by atoms with van der Waals surface area (Å²) in [6, 6.07) is 10.9. The number of hydrogen-bond acceptors (Lipinski definition) is 4. The molecule has 6 heteroatoms. The molecule has 0 unspecified atom stereocenters. The first kappa shape index (κ1) is 17.0. The molecule has 130 valence electrons. The number of carbonyl (C=O) groups excluding carboxylic acids is 1. The number of carboxylic acid groups (broad SMARTS) is 1. The van der Waals surface area contributed by atoms with Gasteiger partial charge in [-0.05, 0) is 30.2 Å². The van der Waals surface area contributed by atoms with Gasteiger partial charge in [-0.15, -0.1) is 0 Å². The van der Waals surface area contributed by atoms with Crippen LogP contribution in [0.2, 0.25) is 0 Å². The van der Waals surface area contributed by atoms with Crippen LogP contribution in [0.3, 0.4) is 0 Å². The van der Waals surface area contributed by atoms with Crippen LogP contribution in [-0.4, -0.2) is 41.1 Å². The van der Waals surface area contributed by atoms with Crippen molar-refractivity contribution in [3.63, 3.8) is 0 Å². The van der Waals surface area contributed by atoms with Crippen molar-refractivity contribution >= 4 is 17.7 Å². The summed E-state index contributed by atoms with van der Waals surface area (Å²) in [6.07, 6.45) is 2.18. The molecule has 2 aromatic rings.